The summed E-state index contributed by atoms with van der Waals surface area (Å²) >= 11 is 3.47. The summed E-state index contributed by atoms with van der Waals surface area (Å²) in [6.45, 7) is 4.78. The van der Waals surface area contributed by atoms with Gasteiger partial charge in [-0.1, -0.05) is 35.0 Å². The molecule has 27 heavy (non-hydrogen) atoms. The number of halogens is 1. The van der Waals surface area contributed by atoms with E-state index in [1.807, 2.05) is 31.2 Å². The SMILES string of the molecule is COc1ccc2c(c1)c(C(C)CC(=O)O)c(C)n2Cc1ccc(Br)cc1.[Na]. The summed E-state index contributed by atoms with van der Waals surface area (Å²) in [4.78, 5) is 11.2. The third kappa shape index (κ3) is 4.77. The van der Waals surface area contributed by atoms with Gasteiger partial charge in [-0.05, 0) is 54.3 Å². The fourth-order valence-electron chi connectivity index (χ4n) is 3.58. The second kappa shape index (κ2) is 9.28. The topological polar surface area (TPSA) is 51.5 Å². The molecule has 0 fully saturated rings. The largest absolute Gasteiger partial charge is 0.497 e. The molecule has 2 aromatic carbocycles. The van der Waals surface area contributed by atoms with Crippen LogP contribution in [0, 0.1) is 6.92 Å². The first kappa shape index (κ1) is 22.0. The summed E-state index contributed by atoms with van der Waals surface area (Å²) in [7, 11) is 1.65. The van der Waals surface area contributed by atoms with Gasteiger partial charge in [0.1, 0.15) is 5.75 Å². The quantitative estimate of drug-likeness (QED) is 0.552. The number of rotatable bonds is 6. The minimum atomic E-state index is -0.784. The van der Waals surface area contributed by atoms with Gasteiger partial charge in [-0.3, -0.25) is 4.79 Å². The predicted molar refractivity (Wildman–Crippen MR) is 113 cm³/mol. The van der Waals surface area contributed by atoms with Crippen molar-refractivity contribution >= 4 is 62.4 Å². The first-order valence-corrected chi connectivity index (χ1v) is 9.33. The zero-order valence-corrected chi connectivity index (χ0v) is 19.7. The van der Waals surface area contributed by atoms with Gasteiger partial charge < -0.3 is 14.4 Å². The van der Waals surface area contributed by atoms with Gasteiger partial charge in [0.05, 0.1) is 13.5 Å². The van der Waals surface area contributed by atoms with Crippen LogP contribution in [0.3, 0.4) is 0 Å². The van der Waals surface area contributed by atoms with E-state index in [0.717, 1.165) is 38.9 Å². The van der Waals surface area contributed by atoms with Crippen molar-refractivity contribution in [1.82, 2.24) is 4.57 Å². The van der Waals surface area contributed by atoms with E-state index in [4.69, 9.17) is 4.74 Å². The average Bonchev–Trinajstić information content (AvgIpc) is 2.87. The number of carboxylic acid groups (broad SMARTS) is 1. The molecule has 1 unspecified atom stereocenters. The number of methoxy groups -OCH3 is 1. The zero-order chi connectivity index (χ0) is 18.8. The first-order valence-electron chi connectivity index (χ1n) is 8.53. The van der Waals surface area contributed by atoms with Gasteiger partial charge in [-0.15, -0.1) is 0 Å². The van der Waals surface area contributed by atoms with Gasteiger partial charge in [0.2, 0.25) is 0 Å². The maximum Gasteiger partial charge on any atom is 0.303 e. The molecule has 0 aliphatic carbocycles. The second-order valence-corrected chi connectivity index (χ2v) is 7.51. The van der Waals surface area contributed by atoms with E-state index >= 15 is 0 Å². The maximum absolute atomic E-state index is 11.2. The second-order valence-electron chi connectivity index (χ2n) is 6.59. The Hall–Kier alpha value is -1.27. The normalized spacial score (nSPS) is 11.9. The summed E-state index contributed by atoms with van der Waals surface area (Å²) in [6, 6.07) is 14.3. The molecule has 0 aliphatic heterocycles. The standard InChI is InChI=1S/C21H22BrNO3.Na/c1-13(10-20(24)25)21-14(2)23(12-15-4-6-16(22)7-5-15)19-9-8-17(26-3)11-18(19)21;/h4-9,11,13H,10,12H2,1-3H3,(H,24,25);. The monoisotopic (exact) mass is 438 g/mol. The number of hydrogen-bond acceptors (Lipinski definition) is 2. The molecular formula is C21H22BrNNaO3. The van der Waals surface area contributed by atoms with E-state index in [1.165, 1.54) is 5.56 Å². The van der Waals surface area contributed by atoms with Crippen molar-refractivity contribution in [3.05, 3.63) is 63.8 Å². The first-order chi connectivity index (χ1) is 12.4. The van der Waals surface area contributed by atoms with Crippen LogP contribution in [0.4, 0.5) is 0 Å². The van der Waals surface area contributed by atoms with E-state index in [9.17, 15) is 9.90 Å². The molecule has 0 spiro atoms. The summed E-state index contributed by atoms with van der Waals surface area (Å²) in [5, 5.41) is 10.3. The Balaban J connectivity index is 0.00000261. The Morgan fingerprint density at radius 1 is 1.22 bits per heavy atom. The number of aromatic nitrogens is 1. The van der Waals surface area contributed by atoms with Gasteiger partial charge in [-0.2, -0.15) is 0 Å². The predicted octanol–water partition coefficient (Wildman–Crippen LogP) is 4.97. The summed E-state index contributed by atoms with van der Waals surface area (Å²) in [5.74, 6) is -0.0797. The Morgan fingerprint density at radius 2 is 1.89 bits per heavy atom. The van der Waals surface area contributed by atoms with Crippen LogP contribution in [0.15, 0.2) is 46.9 Å². The molecule has 1 radical (unpaired) electrons. The van der Waals surface area contributed by atoms with Crippen molar-refractivity contribution in [1.29, 1.82) is 0 Å². The molecule has 0 bridgehead atoms. The van der Waals surface area contributed by atoms with Crippen molar-refractivity contribution in [2.75, 3.05) is 7.11 Å². The number of ether oxygens (including phenoxy) is 1. The maximum atomic E-state index is 11.2. The number of fused-ring (bicyclic) bond motifs is 1. The van der Waals surface area contributed by atoms with Crippen LogP contribution >= 0.6 is 15.9 Å². The van der Waals surface area contributed by atoms with Crippen molar-refractivity contribution in [2.45, 2.75) is 32.7 Å². The van der Waals surface area contributed by atoms with E-state index in [0.29, 0.717) is 0 Å². The van der Waals surface area contributed by atoms with Crippen LogP contribution in [0.1, 0.15) is 36.1 Å². The number of aliphatic carboxylic acids is 1. The molecular weight excluding hydrogens is 417 g/mol. The summed E-state index contributed by atoms with van der Waals surface area (Å²) < 4.78 is 8.70. The zero-order valence-electron chi connectivity index (χ0n) is 16.1. The molecule has 0 aliphatic rings. The number of carbonyl (C=O) groups is 1. The molecule has 3 rings (SSSR count). The van der Waals surface area contributed by atoms with Gasteiger partial charge in [0.15, 0.2) is 0 Å². The van der Waals surface area contributed by atoms with Crippen molar-refractivity contribution in [3.8, 4) is 5.75 Å². The fraction of sp³-hybridized carbons (Fsp3) is 0.286. The Kier molecular flexibility index (Phi) is 7.57. The Bertz CT molecular complexity index is 950. The Labute approximate surface area is 189 Å². The summed E-state index contributed by atoms with van der Waals surface area (Å²) in [6.07, 6.45) is 0.107. The van der Waals surface area contributed by atoms with Crippen LogP contribution in [0.25, 0.3) is 10.9 Å². The minimum Gasteiger partial charge on any atom is -0.497 e. The molecule has 0 saturated carbocycles. The van der Waals surface area contributed by atoms with Crippen molar-refractivity contribution in [3.63, 3.8) is 0 Å². The smallest absolute Gasteiger partial charge is 0.303 e. The Morgan fingerprint density at radius 3 is 2.48 bits per heavy atom. The number of hydrogen-bond donors (Lipinski definition) is 1. The molecule has 6 heteroatoms. The molecule has 0 amide bonds. The van der Waals surface area contributed by atoms with Crippen molar-refractivity contribution in [2.24, 2.45) is 0 Å². The number of carboxylic acids is 1. The molecule has 0 saturated heterocycles. The third-order valence-electron chi connectivity index (χ3n) is 4.81. The number of nitrogens with zero attached hydrogens (tertiary/aromatic N) is 1. The van der Waals surface area contributed by atoms with Crippen molar-refractivity contribution < 1.29 is 14.6 Å². The molecule has 3 aromatic rings. The fourth-order valence-corrected chi connectivity index (χ4v) is 3.84. The van der Waals surface area contributed by atoms with Crippen LogP contribution in [-0.4, -0.2) is 52.3 Å². The van der Waals surface area contributed by atoms with Crippen LogP contribution in [0.2, 0.25) is 0 Å². The molecule has 1 heterocycles. The summed E-state index contributed by atoms with van der Waals surface area (Å²) in [5.41, 5.74) is 4.48. The average molecular weight is 439 g/mol. The van der Waals surface area contributed by atoms with Gasteiger partial charge in [0, 0.05) is 57.2 Å². The third-order valence-corrected chi connectivity index (χ3v) is 5.34. The van der Waals surface area contributed by atoms with E-state index < -0.39 is 5.97 Å². The van der Waals surface area contributed by atoms with Gasteiger partial charge in [-0.25, -0.2) is 0 Å². The molecule has 4 nitrogen and oxygen atoms in total. The van der Waals surface area contributed by atoms with Crippen LogP contribution in [0.5, 0.6) is 5.75 Å². The molecule has 137 valence electrons. The van der Waals surface area contributed by atoms with Gasteiger partial charge in [0.25, 0.3) is 0 Å². The van der Waals surface area contributed by atoms with E-state index in [2.05, 4.69) is 45.6 Å². The number of benzene rings is 2. The van der Waals surface area contributed by atoms with Crippen LogP contribution in [-0.2, 0) is 11.3 Å². The van der Waals surface area contributed by atoms with Crippen LogP contribution < -0.4 is 4.74 Å². The molecule has 1 atom stereocenters. The minimum absolute atomic E-state index is 0. The molecule has 1 N–H and O–H groups in total. The molecule has 1 aromatic heterocycles. The van der Waals surface area contributed by atoms with E-state index in [-0.39, 0.29) is 41.9 Å². The van der Waals surface area contributed by atoms with Gasteiger partial charge >= 0.3 is 5.97 Å². The van der Waals surface area contributed by atoms with E-state index in [1.54, 1.807) is 7.11 Å².